The van der Waals surface area contributed by atoms with Crippen LogP contribution in [-0.2, 0) is 15.7 Å². The van der Waals surface area contributed by atoms with Crippen LogP contribution in [0.15, 0.2) is 77.7 Å². The average Bonchev–Trinajstić information content (AvgIpc) is 2.85. The molecule has 0 bridgehead atoms. The van der Waals surface area contributed by atoms with Gasteiger partial charge >= 0.3 is 6.18 Å². The van der Waals surface area contributed by atoms with E-state index in [1.807, 2.05) is 0 Å². The standard InChI is InChI=1S/C27H22F5NO2S/c28-22-8-4-19(5-9-22)25(20-6-10-23(29)11-7-20)35-14-12-33-13-15-36-24(26(33)34)17-18-2-1-3-21(16-18)27(30,31)32/h1-11,16-17,25H,12-15H2/b24-17-. The van der Waals surface area contributed by atoms with Gasteiger partial charge in [-0.15, -0.1) is 11.8 Å². The van der Waals surface area contributed by atoms with E-state index in [2.05, 4.69) is 0 Å². The molecule has 1 fully saturated rings. The highest BCUT2D eigenvalue weighted by atomic mass is 32.2. The predicted octanol–water partition coefficient (Wildman–Crippen LogP) is 6.71. The van der Waals surface area contributed by atoms with Gasteiger partial charge in [-0.05, 0) is 59.2 Å². The van der Waals surface area contributed by atoms with Gasteiger partial charge in [0.15, 0.2) is 0 Å². The Bertz CT molecular complexity index is 1180. The lowest BCUT2D eigenvalue weighted by Gasteiger charge is -2.29. The molecule has 3 aromatic rings. The molecular weight excluding hydrogens is 497 g/mol. The summed E-state index contributed by atoms with van der Waals surface area (Å²) in [6.45, 7) is 0.857. The molecule has 3 nitrogen and oxygen atoms in total. The second kappa shape index (κ2) is 11.3. The van der Waals surface area contributed by atoms with Crippen LogP contribution >= 0.6 is 11.8 Å². The first kappa shape index (κ1) is 25.9. The Balaban J connectivity index is 1.45. The molecule has 0 N–H and O–H groups in total. The van der Waals surface area contributed by atoms with Crippen LogP contribution in [0, 0.1) is 11.6 Å². The second-order valence-corrected chi connectivity index (χ2v) is 9.26. The molecule has 1 aliphatic heterocycles. The molecule has 9 heteroatoms. The molecule has 1 aliphatic rings. The SMILES string of the molecule is O=C1/C(=C/c2cccc(C(F)(F)F)c2)SCCN1CCOC(c1ccc(F)cc1)c1ccc(F)cc1. The van der Waals surface area contributed by atoms with Crippen LogP contribution in [0.4, 0.5) is 22.0 Å². The van der Waals surface area contributed by atoms with Crippen LogP contribution in [0.3, 0.4) is 0 Å². The van der Waals surface area contributed by atoms with Crippen molar-refractivity contribution >= 4 is 23.7 Å². The number of rotatable bonds is 7. The summed E-state index contributed by atoms with van der Waals surface area (Å²) in [7, 11) is 0. The summed E-state index contributed by atoms with van der Waals surface area (Å²) in [6.07, 6.45) is -3.59. The van der Waals surface area contributed by atoms with Crippen molar-refractivity contribution in [3.8, 4) is 0 Å². The monoisotopic (exact) mass is 519 g/mol. The molecule has 0 saturated carbocycles. The maximum atomic E-state index is 13.4. The van der Waals surface area contributed by atoms with E-state index in [9.17, 15) is 26.7 Å². The number of thioether (sulfide) groups is 1. The van der Waals surface area contributed by atoms with Crippen LogP contribution in [-0.4, -0.2) is 36.3 Å². The van der Waals surface area contributed by atoms with Crippen LogP contribution in [0.2, 0.25) is 0 Å². The van der Waals surface area contributed by atoms with Gasteiger partial charge in [0, 0.05) is 18.8 Å². The van der Waals surface area contributed by atoms with Gasteiger partial charge in [0.05, 0.1) is 17.1 Å². The number of ether oxygens (including phenoxy) is 1. The molecule has 1 amide bonds. The van der Waals surface area contributed by atoms with Gasteiger partial charge < -0.3 is 9.64 Å². The molecule has 3 aromatic carbocycles. The van der Waals surface area contributed by atoms with E-state index in [0.717, 1.165) is 12.1 Å². The summed E-state index contributed by atoms with van der Waals surface area (Å²) in [5, 5.41) is 0. The molecule has 1 heterocycles. The Kier molecular flexibility index (Phi) is 8.11. The first-order valence-corrected chi connectivity index (χ1v) is 12.1. The number of carbonyl (C=O) groups excluding carboxylic acids is 1. The van der Waals surface area contributed by atoms with E-state index in [-0.39, 0.29) is 19.1 Å². The highest BCUT2D eigenvalue weighted by molar-refractivity contribution is 8.04. The van der Waals surface area contributed by atoms with Crippen molar-refractivity contribution in [2.45, 2.75) is 12.3 Å². The Labute approximate surface area is 209 Å². The van der Waals surface area contributed by atoms with E-state index in [0.29, 0.717) is 33.9 Å². The van der Waals surface area contributed by atoms with Crippen molar-refractivity contribution < 1.29 is 31.5 Å². The maximum absolute atomic E-state index is 13.4. The lowest BCUT2D eigenvalue weighted by molar-refractivity contribution is -0.137. The van der Waals surface area contributed by atoms with Gasteiger partial charge in [-0.1, -0.05) is 36.4 Å². The average molecular weight is 520 g/mol. The van der Waals surface area contributed by atoms with E-state index < -0.39 is 29.5 Å². The lowest BCUT2D eigenvalue weighted by Crippen LogP contribution is -2.39. The first-order chi connectivity index (χ1) is 17.2. The number of amides is 1. The molecule has 0 spiro atoms. The van der Waals surface area contributed by atoms with E-state index in [1.54, 1.807) is 29.2 Å². The number of benzene rings is 3. The normalized spacial score (nSPS) is 15.7. The van der Waals surface area contributed by atoms with Gasteiger partial charge in [-0.25, -0.2) is 8.78 Å². The number of carbonyl (C=O) groups is 1. The first-order valence-electron chi connectivity index (χ1n) is 11.1. The Hall–Kier alpha value is -3.17. The van der Waals surface area contributed by atoms with E-state index in [1.165, 1.54) is 54.2 Å². The van der Waals surface area contributed by atoms with Crippen LogP contribution in [0.25, 0.3) is 6.08 Å². The Morgan fingerprint density at radius 1 is 0.944 bits per heavy atom. The van der Waals surface area contributed by atoms with Crippen molar-refractivity contribution in [3.05, 3.63) is 112 Å². The number of hydrogen-bond donors (Lipinski definition) is 0. The van der Waals surface area contributed by atoms with Crippen molar-refractivity contribution in [3.63, 3.8) is 0 Å². The minimum absolute atomic E-state index is 0.146. The zero-order chi connectivity index (χ0) is 25.7. The highest BCUT2D eigenvalue weighted by Crippen LogP contribution is 2.32. The number of hydrogen-bond acceptors (Lipinski definition) is 3. The molecule has 188 valence electrons. The topological polar surface area (TPSA) is 29.5 Å². The zero-order valence-corrected chi connectivity index (χ0v) is 19.8. The molecule has 0 radical (unpaired) electrons. The van der Waals surface area contributed by atoms with E-state index in [4.69, 9.17) is 4.74 Å². The zero-order valence-electron chi connectivity index (χ0n) is 19.0. The lowest BCUT2D eigenvalue weighted by atomic mass is 10.0. The summed E-state index contributed by atoms with van der Waals surface area (Å²) >= 11 is 1.30. The Morgan fingerprint density at radius 3 is 2.14 bits per heavy atom. The second-order valence-electron chi connectivity index (χ2n) is 8.13. The summed E-state index contributed by atoms with van der Waals surface area (Å²) in [5.74, 6) is -0.482. The number of nitrogens with zero attached hydrogens (tertiary/aromatic N) is 1. The van der Waals surface area contributed by atoms with Crippen LogP contribution in [0.5, 0.6) is 0 Å². The van der Waals surface area contributed by atoms with Crippen molar-refractivity contribution in [2.24, 2.45) is 0 Å². The summed E-state index contributed by atoms with van der Waals surface area (Å²) in [4.78, 5) is 14.9. The fourth-order valence-corrected chi connectivity index (χ4v) is 4.80. The molecule has 0 atom stereocenters. The summed E-state index contributed by atoms with van der Waals surface area (Å²) in [5.41, 5.74) is 0.872. The van der Waals surface area contributed by atoms with Gasteiger partial charge in [0.1, 0.15) is 17.7 Å². The largest absolute Gasteiger partial charge is 0.416 e. The third-order valence-electron chi connectivity index (χ3n) is 5.62. The van der Waals surface area contributed by atoms with Gasteiger partial charge in [-0.3, -0.25) is 4.79 Å². The summed E-state index contributed by atoms with van der Waals surface area (Å²) in [6, 6.07) is 16.4. The summed E-state index contributed by atoms with van der Waals surface area (Å²) < 4.78 is 72.0. The third-order valence-corrected chi connectivity index (χ3v) is 6.61. The van der Waals surface area contributed by atoms with Gasteiger partial charge in [-0.2, -0.15) is 13.2 Å². The minimum atomic E-state index is -4.47. The molecule has 4 rings (SSSR count). The van der Waals surface area contributed by atoms with Gasteiger partial charge in [0.2, 0.25) is 0 Å². The third kappa shape index (κ3) is 6.53. The van der Waals surface area contributed by atoms with Crippen LogP contribution in [0.1, 0.15) is 28.4 Å². The molecular formula is C27H22F5NO2S. The molecule has 0 unspecified atom stereocenters. The number of halogens is 5. The number of alkyl halides is 3. The predicted molar refractivity (Wildman–Crippen MR) is 129 cm³/mol. The van der Waals surface area contributed by atoms with Crippen LogP contribution < -0.4 is 0 Å². The molecule has 1 saturated heterocycles. The van der Waals surface area contributed by atoms with Crippen molar-refractivity contribution in [2.75, 3.05) is 25.4 Å². The molecule has 0 aliphatic carbocycles. The highest BCUT2D eigenvalue weighted by Gasteiger charge is 2.30. The minimum Gasteiger partial charge on any atom is -0.367 e. The molecule has 0 aromatic heterocycles. The van der Waals surface area contributed by atoms with E-state index >= 15 is 0 Å². The van der Waals surface area contributed by atoms with Gasteiger partial charge in [0.25, 0.3) is 5.91 Å². The Morgan fingerprint density at radius 2 is 1.56 bits per heavy atom. The maximum Gasteiger partial charge on any atom is 0.416 e. The quantitative estimate of drug-likeness (QED) is 0.257. The van der Waals surface area contributed by atoms with Crippen molar-refractivity contribution in [1.82, 2.24) is 4.90 Å². The smallest absolute Gasteiger partial charge is 0.367 e. The fraction of sp³-hybridized carbons (Fsp3) is 0.222. The fourth-order valence-electron chi connectivity index (χ4n) is 3.80. The van der Waals surface area contributed by atoms with Crippen molar-refractivity contribution in [1.29, 1.82) is 0 Å². The molecule has 36 heavy (non-hydrogen) atoms.